The number of anilines is 1. The monoisotopic (exact) mass is 1400 g/mol. The number of likely N-dealkylation sites (N-methyl/N-ethyl adjacent to an activating group) is 1. The SMILES string of the molecule is CC[C@H](C)[C@@H](C(CC(=O)N1CCC[C@H]1[C@H](OC)[C@@H](C)C(=O)N[C@@H](Cc1ccccc1)c1nccs1)OC)N(C)C(=O)[C@@H](NC(=O)C(C)(C)NC(=O)OCc1ccc(NC(=O)CCOCCOCCNC(=O)CCOCCOCCC(=O)Oc2c(F)c(F)c(F)c(F)c2F)cc1)C(C)C. The molecule has 24 nitrogen and oxygen atoms in total. The Hall–Kier alpha value is -7.74. The third kappa shape index (κ3) is 24.9. The number of benzene rings is 3. The van der Waals surface area contributed by atoms with Crippen LogP contribution in [0.25, 0.3) is 0 Å². The fourth-order valence-electron chi connectivity index (χ4n) is 10.8. The van der Waals surface area contributed by atoms with Crippen LogP contribution < -0.4 is 31.3 Å². The number of carbonyl (C=O) groups excluding carboxylic acids is 8. The van der Waals surface area contributed by atoms with E-state index in [1.54, 1.807) is 68.3 Å². The van der Waals surface area contributed by atoms with Crippen molar-refractivity contribution in [3.8, 4) is 5.75 Å². The summed E-state index contributed by atoms with van der Waals surface area (Å²) in [6.07, 6.45) is 1.34. The first kappa shape index (κ1) is 80.9. The van der Waals surface area contributed by atoms with Gasteiger partial charge < -0.3 is 74.3 Å². The molecular formula is C68H93F5N8O16S. The minimum Gasteiger partial charge on any atom is -0.445 e. The van der Waals surface area contributed by atoms with Crippen LogP contribution in [0.15, 0.2) is 66.2 Å². The van der Waals surface area contributed by atoms with E-state index in [1.165, 1.54) is 32.3 Å². The van der Waals surface area contributed by atoms with Crippen LogP contribution in [0.1, 0.15) is 116 Å². The van der Waals surface area contributed by atoms with Gasteiger partial charge in [0, 0.05) is 58.0 Å². The van der Waals surface area contributed by atoms with Gasteiger partial charge in [-0.05, 0) is 68.2 Å². The lowest BCUT2D eigenvalue weighted by Crippen LogP contribution is -2.62. The van der Waals surface area contributed by atoms with Gasteiger partial charge >= 0.3 is 12.1 Å². The molecule has 0 aliphatic carbocycles. The quantitative estimate of drug-likeness (QED) is 0.00703. The van der Waals surface area contributed by atoms with Crippen molar-refractivity contribution >= 4 is 64.5 Å². The molecule has 1 fully saturated rings. The number of carbonyl (C=O) groups is 8. The lowest BCUT2D eigenvalue weighted by Gasteiger charge is -2.41. The Bertz CT molecular complexity index is 3190. The molecule has 5 N–H and O–H groups in total. The number of hydrogen-bond acceptors (Lipinski definition) is 18. The molecule has 1 aliphatic rings. The highest BCUT2D eigenvalue weighted by Gasteiger charge is 2.44. The molecule has 7 amide bonds. The number of rotatable bonds is 42. The topological polar surface area (TPSA) is 290 Å². The Kier molecular flexibility index (Phi) is 33.8. The van der Waals surface area contributed by atoms with Crippen LogP contribution in [0, 0.1) is 46.8 Å². The second kappa shape index (κ2) is 41.0. The van der Waals surface area contributed by atoms with Crippen LogP contribution in [-0.4, -0.2) is 185 Å². The molecule has 98 heavy (non-hydrogen) atoms. The summed E-state index contributed by atoms with van der Waals surface area (Å²) in [6, 6.07) is 14.0. The molecule has 2 heterocycles. The molecule has 1 aliphatic heterocycles. The number of likely N-dealkylation sites (tertiary alicyclic amines) is 1. The Morgan fingerprint density at radius 1 is 0.735 bits per heavy atom. The van der Waals surface area contributed by atoms with Crippen molar-refractivity contribution in [2.45, 2.75) is 148 Å². The van der Waals surface area contributed by atoms with E-state index in [9.17, 15) is 60.3 Å². The van der Waals surface area contributed by atoms with Crippen LogP contribution in [0.4, 0.5) is 32.4 Å². The number of hydrogen-bond donors (Lipinski definition) is 5. The molecular weight excluding hydrogens is 1310 g/mol. The Balaban J connectivity index is 0.965. The molecule has 0 spiro atoms. The van der Waals surface area contributed by atoms with Crippen molar-refractivity contribution in [3.63, 3.8) is 0 Å². The second-order valence-corrected chi connectivity index (χ2v) is 25.3. The molecule has 3 aromatic carbocycles. The van der Waals surface area contributed by atoms with Crippen molar-refractivity contribution in [1.29, 1.82) is 0 Å². The molecule has 542 valence electrons. The summed E-state index contributed by atoms with van der Waals surface area (Å²) in [5, 5.41) is 16.7. The van der Waals surface area contributed by atoms with Crippen molar-refractivity contribution < 1.29 is 98.2 Å². The van der Waals surface area contributed by atoms with Gasteiger partial charge in [0.1, 0.15) is 23.2 Å². The van der Waals surface area contributed by atoms with Gasteiger partial charge in [-0.25, -0.2) is 22.9 Å². The van der Waals surface area contributed by atoms with Crippen LogP contribution >= 0.6 is 11.3 Å². The van der Waals surface area contributed by atoms with Gasteiger partial charge in [-0.2, -0.15) is 8.78 Å². The summed E-state index contributed by atoms with van der Waals surface area (Å²) < 4.78 is 110. The molecule has 5 rings (SSSR count). The first-order valence-electron chi connectivity index (χ1n) is 32.5. The highest BCUT2D eigenvalue weighted by atomic mass is 32.1. The molecule has 1 saturated heterocycles. The number of alkyl carbamates (subject to hydrolysis) is 1. The minimum absolute atomic E-state index is 0.00997. The molecule has 0 radical (unpaired) electrons. The lowest BCUT2D eigenvalue weighted by atomic mass is 9.89. The maximum atomic E-state index is 14.6. The van der Waals surface area contributed by atoms with Crippen LogP contribution in [0.5, 0.6) is 5.75 Å². The number of nitrogens with one attached hydrogen (secondary N) is 5. The van der Waals surface area contributed by atoms with Crippen LogP contribution in [0.3, 0.4) is 0 Å². The number of methoxy groups -OCH3 is 2. The van der Waals surface area contributed by atoms with Gasteiger partial charge in [-0.15, -0.1) is 11.3 Å². The van der Waals surface area contributed by atoms with Gasteiger partial charge in [0.05, 0.1) is 108 Å². The standard InChI is InChI=1S/C68H93F5N8O16S/c1-11-42(4)60(49(90-9)39-52(84)81-28-15-18-48(81)61(91-10)43(5)63(86)77-47(64-75-27-37-98-64)38-44-16-13-12-14-17-44)80(8)65(87)59(41(2)3)78-66(88)68(6,7)79-67(89)96-40-45-19-21-46(22-20-45)76-51(83)24-30-93-35-36-95-32-26-74-50(82)23-29-92-33-34-94-31-25-53(85)97-62-57(72)55(70)54(69)56(71)58(62)73/h12-14,16-17,19-22,27,37,41-43,47-49,59-61H,11,15,18,23-26,28-36,38-40H2,1-10H3,(H,74,82)(H,76,83)(H,77,86)(H,78,88)(H,79,89)/t42-,43+,47-,48-,49?,59-,60-,61+/m0/s1. The van der Waals surface area contributed by atoms with Crippen LogP contribution in [0.2, 0.25) is 0 Å². The number of halogens is 5. The number of ether oxygens (including phenoxy) is 8. The van der Waals surface area contributed by atoms with E-state index < -0.39 is 113 Å². The Morgan fingerprint density at radius 3 is 1.92 bits per heavy atom. The summed E-state index contributed by atoms with van der Waals surface area (Å²) in [4.78, 5) is 115. The van der Waals surface area contributed by atoms with Crippen molar-refractivity contribution in [2.75, 3.05) is 92.5 Å². The zero-order chi connectivity index (χ0) is 72.1. The molecule has 8 atom stereocenters. The largest absolute Gasteiger partial charge is 0.445 e. The fraction of sp³-hybridized carbons (Fsp3) is 0.574. The van der Waals surface area contributed by atoms with E-state index in [4.69, 9.17) is 33.2 Å². The zero-order valence-electron chi connectivity index (χ0n) is 57.2. The first-order valence-corrected chi connectivity index (χ1v) is 33.4. The van der Waals surface area contributed by atoms with E-state index >= 15 is 0 Å². The van der Waals surface area contributed by atoms with E-state index in [0.717, 1.165) is 10.6 Å². The number of esters is 1. The lowest BCUT2D eigenvalue weighted by molar-refractivity contribution is -0.148. The number of nitrogens with zero attached hydrogens (tertiary/aromatic N) is 3. The molecule has 1 aromatic heterocycles. The predicted octanol–water partition coefficient (Wildman–Crippen LogP) is 7.90. The number of aromatic nitrogens is 1. The third-order valence-electron chi connectivity index (χ3n) is 16.5. The van der Waals surface area contributed by atoms with E-state index in [0.29, 0.717) is 43.5 Å². The zero-order valence-corrected chi connectivity index (χ0v) is 58.0. The van der Waals surface area contributed by atoms with Crippen LogP contribution in [-0.2, 0) is 79.7 Å². The number of amides is 7. The van der Waals surface area contributed by atoms with Gasteiger partial charge in [-0.3, -0.25) is 33.6 Å². The third-order valence-corrected chi connectivity index (χ3v) is 17.4. The Morgan fingerprint density at radius 2 is 1.34 bits per heavy atom. The summed E-state index contributed by atoms with van der Waals surface area (Å²) in [7, 11) is 4.69. The highest BCUT2D eigenvalue weighted by molar-refractivity contribution is 7.09. The molecule has 0 bridgehead atoms. The van der Waals surface area contributed by atoms with Gasteiger partial charge in [0.25, 0.3) is 0 Å². The van der Waals surface area contributed by atoms with E-state index in [1.807, 2.05) is 56.5 Å². The van der Waals surface area contributed by atoms with Gasteiger partial charge in [0.2, 0.25) is 70.3 Å². The average Bonchev–Trinajstić information content (AvgIpc) is 0.879. The maximum Gasteiger partial charge on any atom is 0.408 e. The summed E-state index contributed by atoms with van der Waals surface area (Å²) in [5.74, 6) is -17.8. The van der Waals surface area contributed by atoms with E-state index in [2.05, 4.69) is 36.3 Å². The maximum absolute atomic E-state index is 14.6. The van der Waals surface area contributed by atoms with Gasteiger partial charge in [0.15, 0.2) is 0 Å². The molecule has 30 heteroatoms. The van der Waals surface area contributed by atoms with Crippen molar-refractivity contribution in [2.24, 2.45) is 17.8 Å². The Labute approximate surface area is 572 Å². The predicted molar refractivity (Wildman–Crippen MR) is 351 cm³/mol. The summed E-state index contributed by atoms with van der Waals surface area (Å²) in [5.41, 5.74) is 0.555. The van der Waals surface area contributed by atoms with Crippen molar-refractivity contribution in [1.82, 2.24) is 36.1 Å². The normalized spacial score (nSPS) is 15.3. The highest BCUT2D eigenvalue weighted by Crippen LogP contribution is 2.32. The van der Waals surface area contributed by atoms with Gasteiger partial charge in [-0.1, -0.05) is 83.5 Å². The fourth-order valence-corrected chi connectivity index (χ4v) is 11.5. The second-order valence-electron chi connectivity index (χ2n) is 24.4. The van der Waals surface area contributed by atoms with Crippen molar-refractivity contribution in [3.05, 3.63) is 111 Å². The minimum atomic E-state index is -2.39. The molecule has 0 saturated carbocycles. The summed E-state index contributed by atoms with van der Waals surface area (Å²) in [6.45, 7) is 13.1. The van der Waals surface area contributed by atoms with E-state index in [-0.39, 0.29) is 121 Å². The summed E-state index contributed by atoms with van der Waals surface area (Å²) >= 11 is 1.47. The molecule has 4 aromatic rings. The number of thiazole rings is 1. The molecule has 1 unspecified atom stereocenters. The first-order chi connectivity index (χ1) is 46.7. The smallest absolute Gasteiger partial charge is 0.408 e. The average molecular weight is 1410 g/mol.